The van der Waals surface area contributed by atoms with Gasteiger partial charge in [0.25, 0.3) is 11.8 Å². The average molecular weight is 793 g/mol. The number of nitriles is 1. The first kappa shape index (κ1) is 38.6. The molecular formula is C42H39F3N8O5. The number of anilines is 3. The van der Waals surface area contributed by atoms with Crippen molar-refractivity contribution in [2.24, 2.45) is 11.3 Å². The molecule has 1 atom stereocenters. The Labute approximate surface area is 332 Å². The van der Waals surface area contributed by atoms with Crippen LogP contribution in [0.1, 0.15) is 75.9 Å². The monoisotopic (exact) mass is 792 g/mol. The van der Waals surface area contributed by atoms with Crippen LogP contribution in [-0.2, 0) is 20.6 Å². The van der Waals surface area contributed by atoms with Crippen molar-refractivity contribution in [3.05, 3.63) is 82.5 Å². The maximum Gasteiger partial charge on any atom is 0.417 e. The Hall–Kier alpha value is -6.26. The summed E-state index contributed by atoms with van der Waals surface area (Å²) in [6, 6.07) is 13.0. The number of fused-ring (bicyclic) bond motifs is 1. The highest BCUT2D eigenvalue weighted by atomic mass is 19.4. The van der Waals surface area contributed by atoms with E-state index in [0.29, 0.717) is 49.5 Å². The smallest absolute Gasteiger partial charge is 0.371 e. The van der Waals surface area contributed by atoms with Crippen LogP contribution >= 0.6 is 0 Å². The number of nitrogens with one attached hydrogen (secondary N) is 2. The van der Waals surface area contributed by atoms with E-state index in [1.807, 2.05) is 6.07 Å². The number of imide groups is 2. The molecule has 13 nitrogen and oxygen atoms in total. The molecule has 298 valence electrons. The lowest BCUT2D eigenvalue weighted by Crippen LogP contribution is -2.60. The van der Waals surface area contributed by atoms with Crippen LogP contribution in [0.15, 0.2) is 54.7 Å². The number of hydrogen-bond donors (Lipinski definition) is 2. The molecule has 4 saturated heterocycles. The second kappa shape index (κ2) is 15.2. The Morgan fingerprint density at radius 2 is 1.59 bits per heavy atom. The van der Waals surface area contributed by atoms with Gasteiger partial charge in [-0.3, -0.25) is 39.1 Å². The number of benzene rings is 2. The van der Waals surface area contributed by atoms with Crippen molar-refractivity contribution in [1.29, 1.82) is 5.26 Å². The Kier molecular flexibility index (Phi) is 10.1. The summed E-state index contributed by atoms with van der Waals surface area (Å²) in [7, 11) is 0. The van der Waals surface area contributed by atoms with Gasteiger partial charge < -0.3 is 15.1 Å². The molecule has 8 rings (SSSR count). The zero-order chi connectivity index (χ0) is 40.8. The number of likely N-dealkylation sites (tertiary alicyclic amines) is 1. The number of aromatic nitrogens is 1. The van der Waals surface area contributed by atoms with E-state index >= 15 is 0 Å². The number of carbonyl (C=O) groups excluding carboxylic acids is 5. The highest BCUT2D eigenvalue weighted by Crippen LogP contribution is 2.42. The average Bonchev–Trinajstić information content (AvgIpc) is 3.45. The number of nitrogens with zero attached hydrogens (tertiary/aromatic N) is 6. The van der Waals surface area contributed by atoms with Crippen molar-refractivity contribution in [3.63, 3.8) is 0 Å². The summed E-state index contributed by atoms with van der Waals surface area (Å²) >= 11 is 0. The third kappa shape index (κ3) is 7.59. The fourth-order valence-electron chi connectivity index (χ4n) is 8.71. The van der Waals surface area contributed by atoms with E-state index in [0.717, 1.165) is 55.7 Å². The summed E-state index contributed by atoms with van der Waals surface area (Å²) < 4.78 is 40.3. The number of alkyl halides is 3. The number of amides is 5. The minimum Gasteiger partial charge on any atom is -0.371 e. The van der Waals surface area contributed by atoms with Crippen LogP contribution in [0.5, 0.6) is 0 Å². The SMILES string of the molecule is N#Cc1ccc(N2CCC(C(=O)Nc3ccc(C#CCN4CC5(CCN(c6ccc7c(c6)C(=O)N(C6CCC(=O)NC6=O)C7=O)CC5)C4)cn3)CC2)cc1C(F)(F)F. The molecule has 0 bridgehead atoms. The third-order valence-corrected chi connectivity index (χ3v) is 11.9. The molecule has 2 aromatic carbocycles. The molecule has 5 aliphatic heterocycles. The van der Waals surface area contributed by atoms with Gasteiger partial charge >= 0.3 is 6.18 Å². The van der Waals surface area contributed by atoms with Crippen LogP contribution in [0.25, 0.3) is 0 Å². The fourth-order valence-corrected chi connectivity index (χ4v) is 8.71. The van der Waals surface area contributed by atoms with Crippen LogP contribution in [0.4, 0.5) is 30.4 Å². The molecule has 6 heterocycles. The molecule has 3 aromatic rings. The number of carbonyl (C=O) groups is 5. The molecule has 16 heteroatoms. The number of hydrogen-bond acceptors (Lipinski definition) is 10. The number of rotatable bonds is 6. The largest absolute Gasteiger partial charge is 0.417 e. The van der Waals surface area contributed by atoms with Crippen molar-refractivity contribution >= 4 is 46.7 Å². The second-order valence-corrected chi connectivity index (χ2v) is 15.6. The number of piperidine rings is 3. The summed E-state index contributed by atoms with van der Waals surface area (Å²) in [5.41, 5.74) is 1.30. The van der Waals surface area contributed by atoms with Gasteiger partial charge in [-0.1, -0.05) is 11.8 Å². The minimum absolute atomic E-state index is 0.0724. The quantitative estimate of drug-likeness (QED) is 0.274. The van der Waals surface area contributed by atoms with Crippen LogP contribution in [0.2, 0.25) is 0 Å². The van der Waals surface area contributed by atoms with E-state index in [-0.39, 0.29) is 41.2 Å². The standard InChI is InChI=1S/C42H39F3N8O5/c43-42(44,45)33-21-30(5-4-28(33)22-46)51-16-11-27(12-17-51)37(55)48-35-9-3-26(23-47-35)2-1-15-50-24-41(25-50)13-18-52(19-14-41)29-6-7-31-32(20-29)40(58)53(39(31)57)34-8-10-36(54)49-38(34)56/h3-7,9,20-21,23,27,34H,8,10-19,24-25H2,(H,47,48,55)(H,49,54,56). The fraction of sp³-hybridized carbons (Fsp3) is 0.405. The highest BCUT2D eigenvalue weighted by molar-refractivity contribution is 6.23. The predicted molar refractivity (Wildman–Crippen MR) is 204 cm³/mol. The van der Waals surface area contributed by atoms with Crippen molar-refractivity contribution < 1.29 is 37.1 Å². The van der Waals surface area contributed by atoms with E-state index in [9.17, 15) is 37.1 Å². The number of pyridine rings is 1. The Balaban J connectivity index is 0.770. The van der Waals surface area contributed by atoms with Gasteiger partial charge in [0.1, 0.15) is 11.9 Å². The lowest BCUT2D eigenvalue weighted by Gasteiger charge is -2.54. The summed E-state index contributed by atoms with van der Waals surface area (Å²) in [4.78, 5) is 75.0. The lowest BCUT2D eigenvalue weighted by atomic mass is 9.72. The molecular weight excluding hydrogens is 754 g/mol. The van der Waals surface area contributed by atoms with Gasteiger partial charge in [0.2, 0.25) is 17.7 Å². The van der Waals surface area contributed by atoms with Gasteiger partial charge in [0.05, 0.1) is 34.9 Å². The normalized spacial score (nSPS) is 20.9. The summed E-state index contributed by atoms with van der Waals surface area (Å²) in [5.74, 6) is 4.18. The zero-order valence-corrected chi connectivity index (χ0v) is 31.4. The van der Waals surface area contributed by atoms with Gasteiger partial charge in [-0.15, -0.1) is 0 Å². The number of halogens is 3. The first-order valence-corrected chi connectivity index (χ1v) is 19.3. The Bertz CT molecular complexity index is 2290. The molecule has 58 heavy (non-hydrogen) atoms. The first-order chi connectivity index (χ1) is 27.8. The van der Waals surface area contributed by atoms with Crippen LogP contribution < -0.4 is 20.4 Å². The van der Waals surface area contributed by atoms with Crippen LogP contribution in [0, 0.1) is 34.5 Å². The van der Waals surface area contributed by atoms with E-state index in [4.69, 9.17) is 5.26 Å². The zero-order valence-electron chi connectivity index (χ0n) is 31.4. The topological polar surface area (TPSA) is 159 Å². The van der Waals surface area contributed by atoms with Gasteiger partial charge in [-0.25, -0.2) is 4.98 Å². The summed E-state index contributed by atoms with van der Waals surface area (Å²) in [5, 5.41) is 14.1. The Morgan fingerprint density at radius 1 is 0.897 bits per heavy atom. The Morgan fingerprint density at radius 3 is 2.26 bits per heavy atom. The van der Waals surface area contributed by atoms with Crippen LogP contribution in [0.3, 0.4) is 0 Å². The van der Waals surface area contributed by atoms with E-state index in [2.05, 4.69) is 37.3 Å². The van der Waals surface area contributed by atoms with E-state index < -0.39 is 47.0 Å². The van der Waals surface area contributed by atoms with Crippen molar-refractivity contribution in [1.82, 2.24) is 20.1 Å². The lowest BCUT2D eigenvalue weighted by molar-refractivity contribution is -0.138. The molecule has 5 aliphatic rings. The second-order valence-electron chi connectivity index (χ2n) is 15.6. The predicted octanol–water partition coefficient (Wildman–Crippen LogP) is 4.18. The van der Waals surface area contributed by atoms with Crippen molar-refractivity contribution in [2.45, 2.75) is 50.7 Å². The molecule has 2 N–H and O–H groups in total. The van der Waals surface area contributed by atoms with Gasteiger partial charge in [-0.05, 0) is 86.1 Å². The van der Waals surface area contributed by atoms with Crippen molar-refractivity contribution in [2.75, 3.05) is 60.9 Å². The summed E-state index contributed by atoms with van der Waals surface area (Å²) in [6.07, 6.45) is 0.0243. The molecule has 1 spiro atoms. The maximum atomic E-state index is 13.4. The van der Waals surface area contributed by atoms with Gasteiger partial charge in [0.15, 0.2) is 0 Å². The first-order valence-electron chi connectivity index (χ1n) is 19.3. The van der Waals surface area contributed by atoms with Gasteiger partial charge in [-0.2, -0.15) is 18.4 Å². The molecule has 5 amide bonds. The highest BCUT2D eigenvalue weighted by Gasteiger charge is 2.46. The minimum atomic E-state index is -4.63. The van der Waals surface area contributed by atoms with Crippen molar-refractivity contribution in [3.8, 4) is 17.9 Å². The molecule has 4 fully saturated rings. The molecule has 1 unspecified atom stereocenters. The maximum absolute atomic E-state index is 13.4. The van der Waals surface area contributed by atoms with Crippen LogP contribution in [-0.4, -0.2) is 96.2 Å². The molecule has 0 aliphatic carbocycles. The summed E-state index contributed by atoms with van der Waals surface area (Å²) in [6.45, 7) is 4.87. The third-order valence-electron chi connectivity index (χ3n) is 11.9. The van der Waals surface area contributed by atoms with Gasteiger partial charge in [0, 0.05) is 74.7 Å². The van der Waals surface area contributed by atoms with E-state index in [1.54, 1.807) is 41.4 Å². The molecule has 1 aromatic heterocycles. The molecule has 0 saturated carbocycles. The molecule has 0 radical (unpaired) electrons. The van der Waals surface area contributed by atoms with E-state index in [1.165, 1.54) is 12.1 Å².